The molecule has 1 fully saturated rings. The Labute approximate surface area is 160 Å². The molecule has 140 valence electrons. The van der Waals surface area contributed by atoms with Gasteiger partial charge in [-0.15, -0.1) is 0 Å². The number of carboxylic acids is 1. The number of furan rings is 1. The molecule has 0 radical (unpaired) electrons. The molecule has 0 spiro atoms. The molecular weight excluding hydrogens is 371 g/mol. The van der Waals surface area contributed by atoms with Gasteiger partial charge in [0.15, 0.2) is 0 Å². The Kier molecular flexibility index (Phi) is 4.76. The van der Waals surface area contributed by atoms with Crippen molar-refractivity contribution >= 4 is 34.2 Å². The van der Waals surface area contributed by atoms with Crippen LogP contribution in [0.2, 0.25) is 5.02 Å². The third kappa shape index (κ3) is 3.63. The molecule has 3 aromatic rings. The summed E-state index contributed by atoms with van der Waals surface area (Å²) < 4.78 is 18.6. The maximum absolute atomic E-state index is 13.3. The highest BCUT2D eigenvalue weighted by Gasteiger charge is 2.22. The van der Waals surface area contributed by atoms with Crippen LogP contribution in [0.4, 0.5) is 10.1 Å². The number of anilines is 1. The van der Waals surface area contributed by atoms with E-state index in [4.69, 9.17) is 21.1 Å². The van der Waals surface area contributed by atoms with E-state index in [9.17, 15) is 9.18 Å². The Bertz CT molecular complexity index is 996. The summed E-state index contributed by atoms with van der Waals surface area (Å²) in [4.78, 5) is 15.6. The standard InChI is InChI=1S/C20H18ClFN2O3/c21-19-15-11-18(20(25)26)27-17(15)5-4-16(19)24-8-6-23(7-9-24)12-13-2-1-3-14(22)10-13/h1-5,10-11H,6-9,12H2,(H,25,26). The number of fused-ring (bicyclic) bond motifs is 1. The van der Waals surface area contributed by atoms with Crippen molar-refractivity contribution in [3.8, 4) is 0 Å². The van der Waals surface area contributed by atoms with Gasteiger partial charge in [0.2, 0.25) is 5.76 Å². The summed E-state index contributed by atoms with van der Waals surface area (Å²) in [5.41, 5.74) is 2.29. The van der Waals surface area contributed by atoms with E-state index in [2.05, 4.69) is 9.80 Å². The number of carboxylic acid groups (broad SMARTS) is 1. The van der Waals surface area contributed by atoms with Crippen LogP contribution in [0.5, 0.6) is 0 Å². The molecule has 4 rings (SSSR count). The molecule has 0 aliphatic carbocycles. The molecule has 1 aliphatic rings. The van der Waals surface area contributed by atoms with E-state index in [1.165, 1.54) is 12.1 Å². The molecule has 0 bridgehead atoms. The molecule has 5 nitrogen and oxygen atoms in total. The molecule has 27 heavy (non-hydrogen) atoms. The van der Waals surface area contributed by atoms with Gasteiger partial charge in [-0.2, -0.15) is 0 Å². The molecule has 7 heteroatoms. The minimum Gasteiger partial charge on any atom is -0.475 e. The average Bonchev–Trinajstić information content (AvgIpc) is 3.09. The second kappa shape index (κ2) is 7.21. The number of aromatic carboxylic acids is 1. The fourth-order valence-corrected chi connectivity index (χ4v) is 3.79. The van der Waals surface area contributed by atoms with Crippen LogP contribution in [-0.4, -0.2) is 42.2 Å². The van der Waals surface area contributed by atoms with Crippen LogP contribution in [0, 0.1) is 5.82 Å². The van der Waals surface area contributed by atoms with Crippen molar-refractivity contribution in [2.45, 2.75) is 6.54 Å². The first-order valence-corrected chi connectivity index (χ1v) is 9.06. The highest BCUT2D eigenvalue weighted by molar-refractivity contribution is 6.38. The topological polar surface area (TPSA) is 56.9 Å². The second-order valence-corrected chi connectivity index (χ2v) is 7.00. The summed E-state index contributed by atoms with van der Waals surface area (Å²) >= 11 is 6.53. The molecule has 2 heterocycles. The Morgan fingerprint density at radius 3 is 2.63 bits per heavy atom. The molecule has 1 aromatic heterocycles. The fraction of sp³-hybridized carbons (Fsp3) is 0.250. The van der Waals surface area contributed by atoms with E-state index >= 15 is 0 Å². The maximum atomic E-state index is 13.3. The Balaban J connectivity index is 1.47. The number of halogens is 2. The highest BCUT2D eigenvalue weighted by Crippen LogP contribution is 2.35. The smallest absolute Gasteiger partial charge is 0.371 e. The zero-order valence-corrected chi connectivity index (χ0v) is 15.2. The molecular formula is C20H18ClFN2O3. The van der Waals surface area contributed by atoms with Crippen molar-refractivity contribution in [2.24, 2.45) is 0 Å². The van der Waals surface area contributed by atoms with Gasteiger partial charge in [0.05, 0.1) is 10.7 Å². The molecule has 1 saturated heterocycles. The number of piperazine rings is 1. The van der Waals surface area contributed by atoms with Crippen LogP contribution in [-0.2, 0) is 6.54 Å². The Morgan fingerprint density at radius 2 is 1.93 bits per heavy atom. The number of hydrogen-bond donors (Lipinski definition) is 1. The number of hydrogen-bond acceptors (Lipinski definition) is 4. The van der Waals surface area contributed by atoms with Crippen LogP contribution in [0.1, 0.15) is 16.1 Å². The number of nitrogens with zero attached hydrogens (tertiary/aromatic N) is 2. The minimum atomic E-state index is -1.12. The van der Waals surface area contributed by atoms with E-state index in [0.29, 0.717) is 22.5 Å². The number of rotatable bonds is 4. The maximum Gasteiger partial charge on any atom is 0.371 e. The molecule has 2 aromatic carbocycles. The van der Waals surface area contributed by atoms with Gasteiger partial charge in [0.1, 0.15) is 11.4 Å². The third-order valence-corrected chi connectivity index (χ3v) is 5.23. The monoisotopic (exact) mass is 388 g/mol. The zero-order valence-electron chi connectivity index (χ0n) is 14.5. The first kappa shape index (κ1) is 17.8. The molecule has 0 saturated carbocycles. The molecule has 0 unspecified atom stereocenters. The van der Waals surface area contributed by atoms with E-state index in [1.54, 1.807) is 18.2 Å². The fourth-order valence-electron chi connectivity index (χ4n) is 3.46. The van der Waals surface area contributed by atoms with Crippen LogP contribution < -0.4 is 4.90 Å². The van der Waals surface area contributed by atoms with Gasteiger partial charge in [0, 0.05) is 44.2 Å². The van der Waals surface area contributed by atoms with Crippen molar-refractivity contribution in [1.29, 1.82) is 0 Å². The highest BCUT2D eigenvalue weighted by atomic mass is 35.5. The molecule has 1 aliphatic heterocycles. The summed E-state index contributed by atoms with van der Waals surface area (Å²) in [6, 6.07) is 11.8. The predicted octanol–water partition coefficient (Wildman–Crippen LogP) is 4.25. The van der Waals surface area contributed by atoms with Crippen LogP contribution in [0.3, 0.4) is 0 Å². The van der Waals surface area contributed by atoms with Crippen molar-refractivity contribution < 1.29 is 18.7 Å². The largest absolute Gasteiger partial charge is 0.475 e. The van der Waals surface area contributed by atoms with E-state index in [1.807, 2.05) is 12.1 Å². The summed E-state index contributed by atoms with van der Waals surface area (Å²) in [7, 11) is 0. The Morgan fingerprint density at radius 1 is 1.15 bits per heavy atom. The summed E-state index contributed by atoms with van der Waals surface area (Å²) in [5, 5.41) is 10.2. The molecule has 1 N–H and O–H groups in total. The Hall–Kier alpha value is -2.57. The lowest BCUT2D eigenvalue weighted by atomic mass is 10.1. The lowest BCUT2D eigenvalue weighted by Crippen LogP contribution is -2.46. The van der Waals surface area contributed by atoms with Gasteiger partial charge in [0.25, 0.3) is 0 Å². The van der Waals surface area contributed by atoms with Crippen LogP contribution in [0.25, 0.3) is 11.0 Å². The van der Waals surface area contributed by atoms with Crippen LogP contribution in [0.15, 0.2) is 46.9 Å². The van der Waals surface area contributed by atoms with Crippen molar-refractivity contribution in [2.75, 3.05) is 31.1 Å². The van der Waals surface area contributed by atoms with Gasteiger partial charge in [-0.3, -0.25) is 4.90 Å². The van der Waals surface area contributed by atoms with Gasteiger partial charge in [-0.25, -0.2) is 9.18 Å². The van der Waals surface area contributed by atoms with Crippen molar-refractivity contribution in [3.63, 3.8) is 0 Å². The van der Waals surface area contributed by atoms with Gasteiger partial charge in [-0.05, 0) is 29.8 Å². The lowest BCUT2D eigenvalue weighted by Gasteiger charge is -2.36. The average molecular weight is 389 g/mol. The zero-order chi connectivity index (χ0) is 19.0. The lowest BCUT2D eigenvalue weighted by molar-refractivity contribution is 0.0665. The number of benzene rings is 2. The van der Waals surface area contributed by atoms with Crippen LogP contribution >= 0.6 is 11.6 Å². The number of carbonyl (C=O) groups is 1. The summed E-state index contributed by atoms with van der Waals surface area (Å²) in [6.45, 7) is 3.93. The SMILES string of the molecule is O=C(O)c1cc2c(Cl)c(N3CCN(Cc4cccc(F)c4)CC3)ccc2o1. The normalized spacial score (nSPS) is 15.4. The second-order valence-electron chi connectivity index (χ2n) is 6.62. The van der Waals surface area contributed by atoms with E-state index in [0.717, 1.165) is 37.4 Å². The quantitative estimate of drug-likeness (QED) is 0.724. The predicted molar refractivity (Wildman–Crippen MR) is 102 cm³/mol. The molecule has 0 amide bonds. The summed E-state index contributed by atoms with van der Waals surface area (Å²) in [5.74, 6) is -1.45. The van der Waals surface area contributed by atoms with Crippen molar-refractivity contribution in [1.82, 2.24) is 4.90 Å². The summed E-state index contributed by atoms with van der Waals surface area (Å²) in [6.07, 6.45) is 0. The van der Waals surface area contributed by atoms with E-state index < -0.39 is 5.97 Å². The van der Waals surface area contributed by atoms with Crippen molar-refractivity contribution in [3.05, 3.63) is 64.6 Å². The molecule has 0 atom stereocenters. The third-order valence-electron chi connectivity index (χ3n) is 4.83. The van der Waals surface area contributed by atoms with E-state index in [-0.39, 0.29) is 11.6 Å². The van der Waals surface area contributed by atoms with Gasteiger partial charge < -0.3 is 14.4 Å². The minimum absolute atomic E-state index is 0.121. The first-order chi connectivity index (χ1) is 13.0. The first-order valence-electron chi connectivity index (χ1n) is 8.68. The van der Waals surface area contributed by atoms with Gasteiger partial charge in [-0.1, -0.05) is 23.7 Å². The van der Waals surface area contributed by atoms with Gasteiger partial charge >= 0.3 is 5.97 Å².